The summed E-state index contributed by atoms with van der Waals surface area (Å²) in [6, 6.07) is 26.3. The summed E-state index contributed by atoms with van der Waals surface area (Å²) in [7, 11) is 0. The molecule has 0 amide bonds. The summed E-state index contributed by atoms with van der Waals surface area (Å²) in [5.74, 6) is 0. The summed E-state index contributed by atoms with van der Waals surface area (Å²) in [6.45, 7) is 0.794. The molecule has 0 atom stereocenters. The summed E-state index contributed by atoms with van der Waals surface area (Å²) in [4.78, 5) is 2.24. The molecule has 3 aromatic rings. The Hall–Kier alpha value is -2.01. The van der Waals surface area contributed by atoms with Crippen molar-refractivity contribution in [2.45, 2.75) is 16.2 Å². The molecule has 26 heavy (non-hydrogen) atoms. The van der Waals surface area contributed by atoms with Crippen LogP contribution in [0.1, 0.15) is 5.56 Å². The van der Waals surface area contributed by atoms with E-state index < -0.39 is 0 Å². The maximum Gasteiger partial charge on any atom is 0.170 e. The third kappa shape index (κ3) is 5.77. The Morgan fingerprint density at radius 2 is 1.58 bits per heavy atom. The highest BCUT2D eigenvalue weighted by molar-refractivity contribution is 7.99. The molecule has 0 saturated carbocycles. The van der Waals surface area contributed by atoms with Gasteiger partial charge in [-0.1, -0.05) is 65.8 Å². The molecule has 5 heteroatoms. The first kappa shape index (κ1) is 18.8. The number of benzene rings is 3. The normalized spacial score (nSPS) is 10.3. The molecule has 3 rings (SSSR count). The molecule has 3 aromatic carbocycles. The van der Waals surface area contributed by atoms with Crippen LogP contribution in [0.2, 0.25) is 5.02 Å². The van der Waals surface area contributed by atoms with Gasteiger partial charge in [-0.2, -0.15) is 0 Å². The van der Waals surface area contributed by atoms with Gasteiger partial charge in [0, 0.05) is 21.4 Å². The largest absolute Gasteiger partial charge is 0.362 e. The summed E-state index contributed by atoms with van der Waals surface area (Å²) < 4.78 is 0. The Bertz CT molecular complexity index is 851. The maximum absolute atomic E-state index is 5.96. The molecule has 2 N–H and O–H groups in total. The minimum Gasteiger partial charge on any atom is -0.362 e. The summed E-state index contributed by atoms with van der Waals surface area (Å²) in [5.41, 5.74) is 2.28. The number of halogens is 1. The summed E-state index contributed by atoms with van der Waals surface area (Å²) >= 11 is 13.1. The van der Waals surface area contributed by atoms with Crippen LogP contribution in [0.5, 0.6) is 0 Å². The van der Waals surface area contributed by atoms with Crippen molar-refractivity contribution in [1.29, 1.82) is 0 Å². The van der Waals surface area contributed by atoms with Crippen LogP contribution >= 0.6 is 35.6 Å². The Balaban J connectivity index is 1.57. The van der Waals surface area contributed by atoms with Crippen molar-refractivity contribution in [3.05, 3.63) is 89.4 Å². The van der Waals surface area contributed by atoms with Crippen LogP contribution in [-0.2, 0) is 6.42 Å². The number of nitrogens with one attached hydrogen (secondary N) is 2. The van der Waals surface area contributed by atoms with Crippen LogP contribution in [-0.4, -0.2) is 11.7 Å². The second kappa shape index (κ2) is 9.62. The van der Waals surface area contributed by atoms with Crippen LogP contribution in [0.25, 0.3) is 0 Å². The first-order valence-electron chi connectivity index (χ1n) is 8.32. The fourth-order valence-electron chi connectivity index (χ4n) is 2.42. The molecule has 0 aliphatic rings. The average Bonchev–Trinajstić information content (AvgIpc) is 2.66. The Morgan fingerprint density at radius 1 is 0.885 bits per heavy atom. The molecule has 0 unspecified atom stereocenters. The lowest BCUT2D eigenvalue weighted by molar-refractivity contribution is 0.873. The summed E-state index contributed by atoms with van der Waals surface area (Å²) in [5, 5.41) is 7.94. The molecule has 0 aliphatic heterocycles. The van der Waals surface area contributed by atoms with Crippen molar-refractivity contribution in [2.75, 3.05) is 11.9 Å². The van der Waals surface area contributed by atoms with E-state index in [0.717, 1.165) is 33.5 Å². The highest BCUT2D eigenvalue weighted by Crippen LogP contribution is 2.33. The van der Waals surface area contributed by atoms with Crippen molar-refractivity contribution in [1.82, 2.24) is 5.32 Å². The molecule has 0 heterocycles. The SMILES string of the molecule is S=C(NCCc1ccccc1)Nc1ccccc1Sc1ccc(Cl)cc1. The van der Waals surface area contributed by atoms with Crippen LogP contribution in [0.3, 0.4) is 0 Å². The molecule has 0 fully saturated rings. The Morgan fingerprint density at radius 3 is 2.35 bits per heavy atom. The first-order chi connectivity index (χ1) is 12.7. The second-order valence-electron chi connectivity index (χ2n) is 5.67. The molecule has 0 saturated heterocycles. The minimum absolute atomic E-state index is 0.630. The van der Waals surface area contributed by atoms with Crippen LogP contribution in [0, 0.1) is 0 Å². The van der Waals surface area contributed by atoms with Gasteiger partial charge in [0.15, 0.2) is 5.11 Å². The van der Waals surface area contributed by atoms with Crippen molar-refractivity contribution < 1.29 is 0 Å². The van der Waals surface area contributed by atoms with Crippen LogP contribution < -0.4 is 10.6 Å². The van der Waals surface area contributed by atoms with Gasteiger partial charge in [0.2, 0.25) is 0 Å². The third-order valence-electron chi connectivity index (χ3n) is 3.72. The number of rotatable bonds is 6. The molecular weight excluding hydrogens is 380 g/mol. The fraction of sp³-hybridized carbons (Fsp3) is 0.0952. The van der Waals surface area contributed by atoms with Gasteiger partial charge in [-0.05, 0) is 60.6 Å². The highest BCUT2D eigenvalue weighted by atomic mass is 35.5. The smallest absolute Gasteiger partial charge is 0.170 e. The number of hydrogen-bond acceptors (Lipinski definition) is 2. The quantitative estimate of drug-likeness (QED) is 0.496. The van der Waals surface area contributed by atoms with E-state index >= 15 is 0 Å². The van der Waals surface area contributed by atoms with Gasteiger partial charge >= 0.3 is 0 Å². The topological polar surface area (TPSA) is 24.1 Å². The molecular formula is C21H19ClN2S2. The minimum atomic E-state index is 0.630. The molecule has 132 valence electrons. The van der Waals surface area contributed by atoms with Crippen molar-refractivity contribution in [2.24, 2.45) is 0 Å². The van der Waals surface area contributed by atoms with E-state index in [0.29, 0.717) is 5.11 Å². The fourth-order valence-corrected chi connectivity index (χ4v) is 3.66. The van der Waals surface area contributed by atoms with Crippen molar-refractivity contribution in [3.63, 3.8) is 0 Å². The highest BCUT2D eigenvalue weighted by Gasteiger charge is 2.06. The van der Waals surface area contributed by atoms with Gasteiger partial charge in [0.1, 0.15) is 0 Å². The second-order valence-corrected chi connectivity index (χ2v) is 7.63. The first-order valence-corrected chi connectivity index (χ1v) is 9.92. The average molecular weight is 399 g/mol. The van der Waals surface area contributed by atoms with Gasteiger partial charge in [0.05, 0.1) is 5.69 Å². The zero-order valence-corrected chi connectivity index (χ0v) is 16.5. The number of para-hydroxylation sites is 1. The zero-order chi connectivity index (χ0) is 18.2. The van der Waals surface area contributed by atoms with Gasteiger partial charge in [-0.15, -0.1) is 0 Å². The lowest BCUT2D eigenvalue weighted by atomic mass is 10.1. The van der Waals surface area contributed by atoms with E-state index in [1.165, 1.54) is 5.56 Å². The molecule has 0 radical (unpaired) electrons. The molecule has 0 aromatic heterocycles. The summed E-state index contributed by atoms with van der Waals surface area (Å²) in [6.07, 6.45) is 0.934. The van der Waals surface area contributed by atoms with E-state index in [4.69, 9.17) is 23.8 Å². The number of anilines is 1. The van der Waals surface area contributed by atoms with E-state index in [9.17, 15) is 0 Å². The van der Waals surface area contributed by atoms with Crippen LogP contribution in [0.15, 0.2) is 88.7 Å². The Labute approximate surface area is 169 Å². The standard InChI is InChI=1S/C21H19ClN2S2/c22-17-10-12-18(13-11-17)26-20-9-5-4-8-19(20)24-21(25)23-15-14-16-6-2-1-3-7-16/h1-13H,14-15H2,(H2,23,24,25). The monoisotopic (exact) mass is 398 g/mol. The predicted molar refractivity (Wildman–Crippen MR) is 116 cm³/mol. The van der Waals surface area contributed by atoms with E-state index in [1.54, 1.807) is 11.8 Å². The van der Waals surface area contributed by atoms with Gasteiger partial charge < -0.3 is 10.6 Å². The molecule has 2 nitrogen and oxygen atoms in total. The van der Waals surface area contributed by atoms with Gasteiger partial charge in [0.25, 0.3) is 0 Å². The number of hydrogen-bond donors (Lipinski definition) is 2. The van der Waals surface area contributed by atoms with Crippen molar-refractivity contribution >= 4 is 46.4 Å². The lowest BCUT2D eigenvalue weighted by Crippen LogP contribution is -2.30. The maximum atomic E-state index is 5.96. The van der Waals surface area contributed by atoms with Gasteiger partial charge in [-0.3, -0.25) is 0 Å². The lowest BCUT2D eigenvalue weighted by Gasteiger charge is -2.14. The third-order valence-corrected chi connectivity index (χ3v) is 5.30. The van der Waals surface area contributed by atoms with E-state index in [1.807, 2.05) is 48.5 Å². The van der Waals surface area contributed by atoms with Gasteiger partial charge in [-0.25, -0.2) is 0 Å². The molecule has 0 bridgehead atoms. The van der Waals surface area contributed by atoms with Crippen LogP contribution in [0.4, 0.5) is 5.69 Å². The predicted octanol–water partition coefficient (Wildman–Crippen LogP) is 6.02. The zero-order valence-electron chi connectivity index (χ0n) is 14.1. The van der Waals surface area contributed by atoms with Crippen molar-refractivity contribution in [3.8, 4) is 0 Å². The van der Waals surface area contributed by atoms with E-state index in [-0.39, 0.29) is 0 Å². The van der Waals surface area contributed by atoms with E-state index in [2.05, 4.69) is 41.0 Å². The molecule has 0 aliphatic carbocycles. The Kier molecular flexibility index (Phi) is 6.95. The number of thiocarbonyl (C=S) groups is 1. The molecule has 0 spiro atoms.